The number of hydrogen-bond acceptors (Lipinski definition) is 3. The number of benzene rings is 1. The molecule has 0 aliphatic carbocycles. The van der Waals surface area contributed by atoms with E-state index < -0.39 is 11.5 Å². The minimum absolute atomic E-state index is 0.0434. The Hall–Kier alpha value is -2.87. The van der Waals surface area contributed by atoms with E-state index in [4.69, 9.17) is 5.26 Å². The number of hydrogen-bond donors (Lipinski definition) is 2. The summed E-state index contributed by atoms with van der Waals surface area (Å²) in [6.07, 6.45) is 1.46. The molecule has 0 aliphatic rings. The van der Waals surface area contributed by atoms with Crippen LogP contribution in [-0.4, -0.2) is 10.9 Å². The molecule has 0 atom stereocenters. The number of aromatic amines is 1. The Morgan fingerprint density at radius 3 is 2.56 bits per heavy atom. The molecule has 1 aromatic carbocycles. The molecule has 0 saturated heterocycles. The molecular weight excluding hydrogens is 230 g/mol. The zero-order valence-corrected chi connectivity index (χ0v) is 9.31. The molecule has 1 aromatic heterocycles. The van der Waals surface area contributed by atoms with Crippen molar-refractivity contribution in [2.24, 2.45) is 0 Å². The van der Waals surface area contributed by atoms with Crippen LogP contribution in [0.15, 0.2) is 47.4 Å². The van der Waals surface area contributed by atoms with E-state index in [1.165, 1.54) is 12.3 Å². The smallest absolute Gasteiger partial charge is 0.261 e. The molecule has 0 bridgehead atoms. The Balaban J connectivity index is 2.19. The van der Waals surface area contributed by atoms with E-state index in [1.54, 1.807) is 30.3 Å². The van der Waals surface area contributed by atoms with Gasteiger partial charge < -0.3 is 10.3 Å². The lowest BCUT2D eigenvalue weighted by Crippen LogP contribution is -2.22. The Morgan fingerprint density at radius 1 is 1.22 bits per heavy atom. The number of pyridine rings is 1. The number of carbonyl (C=O) groups excluding carboxylic acids is 1. The van der Waals surface area contributed by atoms with Crippen LogP contribution in [0.3, 0.4) is 0 Å². The number of H-pyrrole nitrogens is 1. The van der Waals surface area contributed by atoms with Gasteiger partial charge in [0.2, 0.25) is 0 Å². The number of nitriles is 1. The molecular formula is C13H9N3O2. The quantitative estimate of drug-likeness (QED) is 0.832. The normalized spacial score (nSPS) is 9.50. The van der Waals surface area contributed by atoms with E-state index in [9.17, 15) is 9.59 Å². The second-order valence-electron chi connectivity index (χ2n) is 3.56. The molecule has 0 spiro atoms. The highest BCUT2D eigenvalue weighted by Crippen LogP contribution is 2.09. The fourth-order valence-electron chi connectivity index (χ4n) is 1.43. The summed E-state index contributed by atoms with van der Waals surface area (Å²) in [7, 11) is 0. The second-order valence-corrected chi connectivity index (χ2v) is 3.56. The van der Waals surface area contributed by atoms with E-state index in [0.29, 0.717) is 11.3 Å². The van der Waals surface area contributed by atoms with Crippen molar-refractivity contribution in [2.45, 2.75) is 0 Å². The maximum absolute atomic E-state index is 11.8. The molecule has 5 heteroatoms. The summed E-state index contributed by atoms with van der Waals surface area (Å²) in [5, 5.41) is 11.2. The van der Waals surface area contributed by atoms with Crippen molar-refractivity contribution in [2.75, 3.05) is 5.32 Å². The fourth-order valence-corrected chi connectivity index (χ4v) is 1.43. The average Bonchev–Trinajstić information content (AvgIpc) is 2.40. The van der Waals surface area contributed by atoms with Gasteiger partial charge in [-0.05, 0) is 36.4 Å². The average molecular weight is 239 g/mol. The molecule has 1 amide bonds. The van der Waals surface area contributed by atoms with Crippen LogP contribution in [0.5, 0.6) is 0 Å². The first-order valence-electron chi connectivity index (χ1n) is 5.20. The topological polar surface area (TPSA) is 85.8 Å². The standard InChI is InChI=1S/C13H9N3O2/c14-8-9-3-5-10(6-4-9)16-13(18)11-2-1-7-15-12(11)17/h1-7H,(H,15,17)(H,16,18). The van der Waals surface area contributed by atoms with Gasteiger partial charge in [-0.25, -0.2) is 0 Å². The van der Waals surface area contributed by atoms with Gasteiger partial charge in [-0.15, -0.1) is 0 Å². The molecule has 0 aliphatic heterocycles. The maximum Gasteiger partial charge on any atom is 0.261 e. The summed E-state index contributed by atoms with van der Waals surface area (Å²) in [6.45, 7) is 0. The number of amides is 1. The van der Waals surface area contributed by atoms with Crippen LogP contribution in [0.4, 0.5) is 5.69 Å². The molecule has 2 rings (SSSR count). The van der Waals surface area contributed by atoms with Gasteiger partial charge in [-0.2, -0.15) is 5.26 Å². The highest BCUT2D eigenvalue weighted by molar-refractivity contribution is 6.03. The summed E-state index contributed by atoms with van der Waals surface area (Å²) in [4.78, 5) is 25.6. The van der Waals surface area contributed by atoms with Crippen LogP contribution in [-0.2, 0) is 0 Å². The van der Waals surface area contributed by atoms with Crippen LogP contribution < -0.4 is 10.9 Å². The van der Waals surface area contributed by atoms with E-state index in [2.05, 4.69) is 10.3 Å². The zero-order valence-electron chi connectivity index (χ0n) is 9.31. The number of nitrogens with one attached hydrogen (secondary N) is 2. The third kappa shape index (κ3) is 2.44. The number of nitrogens with zero attached hydrogens (tertiary/aromatic N) is 1. The third-order valence-electron chi connectivity index (χ3n) is 2.33. The minimum atomic E-state index is -0.485. The molecule has 0 fully saturated rings. The monoisotopic (exact) mass is 239 g/mol. The van der Waals surface area contributed by atoms with Crippen LogP contribution in [0.2, 0.25) is 0 Å². The van der Waals surface area contributed by atoms with Crippen LogP contribution >= 0.6 is 0 Å². The molecule has 0 saturated carbocycles. The Labute approximate surface area is 103 Å². The molecule has 2 aromatic rings. The molecule has 1 heterocycles. The highest BCUT2D eigenvalue weighted by atomic mass is 16.2. The van der Waals surface area contributed by atoms with Crippen molar-refractivity contribution in [1.82, 2.24) is 4.98 Å². The molecule has 5 nitrogen and oxygen atoms in total. The lowest BCUT2D eigenvalue weighted by atomic mass is 10.2. The number of anilines is 1. The lowest BCUT2D eigenvalue weighted by Gasteiger charge is -2.04. The van der Waals surface area contributed by atoms with Gasteiger partial charge in [0.05, 0.1) is 11.6 Å². The number of aromatic nitrogens is 1. The van der Waals surface area contributed by atoms with E-state index in [-0.39, 0.29) is 5.56 Å². The van der Waals surface area contributed by atoms with E-state index >= 15 is 0 Å². The highest BCUT2D eigenvalue weighted by Gasteiger charge is 2.09. The Morgan fingerprint density at radius 2 is 1.94 bits per heavy atom. The first-order chi connectivity index (χ1) is 8.70. The largest absolute Gasteiger partial charge is 0.328 e. The summed E-state index contributed by atoms with van der Waals surface area (Å²) in [5.74, 6) is -0.485. The van der Waals surface area contributed by atoms with Crippen molar-refractivity contribution in [3.05, 3.63) is 64.1 Å². The van der Waals surface area contributed by atoms with Crippen LogP contribution in [0.25, 0.3) is 0 Å². The van der Waals surface area contributed by atoms with Crippen molar-refractivity contribution >= 4 is 11.6 Å². The van der Waals surface area contributed by atoms with Crippen molar-refractivity contribution in [3.8, 4) is 6.07 Å². The van der Waals surface area contributed by atoms with Gasteiger partial charge in [0.25, 0.3) is 11.5 Å². The summed E-state index contributed by atoms with van der Waals surface area (Å²) in [5.41, 5.74) is 0.637. The maximum atomic E-state index is 11.8. The first kappa shape index (κ1) is 11.6. The SMILES string of the molecule is N#Cc1ccc(NC(=O)c2ccc[nH]c2=O)cc1. The molecule has 88 valence electrons. The molecule has 0 radical (unpaired) electrons. The number of carbonyl (C=O) groups is 1. The van der Waals surface area contributed by atoms with Crippen molar-refractivity contribution in [1.29, 1.82) is 5.26 Å². The first-order valence-corrected chi connectivity index (χ1v) is 5.20. The van der Waals surface area contributed by atoms with E-state index in [1.807, 2.05) is 6.07 Å². The van der Waals surface area contributed by atoms with Crippen LogP contribution in [0, 0.1) is 11.3 Å². The van der Waals surface area contributed by atoms with Gasteiger partial charge in [0, 0.05) is 11.9 Å². The van der Waals surface area contributed by atoms with E-state index in [0.717, 1.165) is 0 Å². The zero-order chi connectivity index (χ0) is 13.0. The summed E-state index contributed by atoms with van der Waals surface area (Å²) >= 11 is 0. The summed E-state index contributed by atoms with van der Waals surface area (Å²) < 4.78 is 0. The van der Waals surface area contributed by atoms with Gasteiger partial charge in [-0.1, -0.05) is 0 Å². The second kappa shape index (κ2) is 4.97. The van der Waals surface area contributed by atoms with Crippen molar-refractivity contribution in [3.63, 3.8) is 0 Å². The van der Waals surface area contributed by atoms with Gasteiger partial charge in [-0.3, -0.25) is 9.59 Å². The van der Waals surface area contributed by atoms with Crippen molar-refractivity contribution < 1.29 is 4.79 Å². The van der Waals surface area contributed by atoms with Crippen LogP contribution in [0.1, 0.15) is 15.9 Å². The Kier molecular flexibility index (Phi) is 3.21. The Bertz CT molecular complexity index is 666. The van der Waals surface area contributed by atoms with Gasteiger partial charge >= 0.3 is 0 Å². The number of rotatable bonds is 2. The predicted molar refractivity (Wildman–Crippen MR) is 66.2 cm³/mol. The predicted octanol–water partition coefficient (Wildman–Crippen LogP) is 1.50. The molecule has 18 heavy (non-hydrogen) atoms. The summed E-state index contributed by atoms with van der Waals surface area (Å²) in [6, 6.07) is 11.4. The fraction of sp³-hybridized carbons (Fsp3) is 0. The third-order valence-corrected chi connectivity index (χ3v) is 2.33. The van der Waals surface area contributed by atoms with Gasteiger partial charge in [0.15, 0.2) is 0 Å². The molecule has 0 unspecified atom stereocenters. The minimum Gasteiger partial charge on any atom is -0.328 e. The van der Waals surface area contributed by atoms with Gasteiger partial charge in [0.1, 0.15) is 5.56 Å². The lowest BCUT2D eigenvalue weighted by molar-refractivity contribution is 0.102. The molecule has 2 N–H and O–H groups in total.